The molecular weight excluding hydrogens is 308 g/mol. The minimum Gasteiger partial charge on any atom is -0.341 e. The van der Waals surface area contributed by atoms with E-state index in [1.165, 1.54) is 0 Å². The molecule has 124 valence electrons. The molecule has 0 unspecified atom stereocenters. The lowest BCUT2D eigenvalue weighted by molar-refractivity contribution is -0.133. The van der Waals surface area contributed by atoms with E-state index in [0.717, 1.165) is 55.1 Å². The van der Waals surface area contributed by atoms with Crippen LogP contribution in [0, 0.1) is 5.92 Å². The maximum Gasteiger partial charge on any atom is 0.242 e. The molecular formula is C17H24N4OS. The summed E-state index contributed by atoms with van der Waals surface area (Å²) in [6.07, 6.45) is 4.10. The molecule has 23 heavy (non-hydrogen) atoms. The van der Waals surface area contributed by atoms with Gasteiger partial charge in [-0.3, -0.25) is 4.79 Å². The number of carbonyl (C=O) groups is 1. The van der Waals surface area contributed by atoms with E-state index in [2.05, 4.69) is 15.8 Å². The zero-order chi connectivity index (χ0) is 16.2. The second-order valence-electron chi connectivity index (χ2n) is 6.10. The van der Waals surface area contributed by atoms with Gasteiger partial charge >= 0.3 is 0 Å². The number of amides is 1. The Morgan fingerprint density at radius 1 is 1.35 bits per heavy atom. The van der Waals surface area contributed by atoms with Gasteiger partial charge in [0.15, 0.2) is 0 Å². The molecule has 0 saturated carbocycles. The highest BCUT2D eigenvalue weighted by atomic mass is 32.2. The summed E-state index contributed by atoms with van der Waals surface area (Å²) in [6, 6.07) is 8.04. The summed E-state index contributed by atoms with van der Waals surface area (Å²) in [5.41, 5.74) is 7.74. The fraction of sp³-hybridized carbons (Fsp3) is 0.529. The summed E-state index contributed by atoms with van der Waals surface area (Å²) in [5, 5.41) is 0. The minimum atomic E-state index is 0.186. The number of nitrogens with two attached hydrogens (primary N) is 1. The predicted molar refractivity (Wildman–Crippen MR) is 95.3 cm³/mol. The molecule has 1 aromatic carbocycles. The highest BCUT2D eigenvalue weighted by Gasteiger charge is 2.23. The number of likely N-dealkylation sites (tertiary alicyclic amines) is 1. The van der Waals surface area contributed by atoms with Crippen LogP contribution in [-0.2, 0) is 17.1 Å². The van der Waals surface area contributed by atoms with Gasteiger partial charge in [-0.2, -0.15) is 11.8 Å². The number of nitrogens with zero attached hydrogens (tertiary/aromatic N) is 3. The van der Waals surface area contributed by atoms with Gasteiger partial charge in [0.05, 0.1) is 16.8 Å². The maximum atomic E-state index is 12.7. The molecule has 0 aliphatic carbocycles. The minimum absolute atomic E-state index is 0.186. The Morgan fingerprint density at radius 3 is 2.78 bits per heavy atom. The first-order valence-electron chi connectivity index (χ1n) is 8.14. The number of imidazole rings is 1. The third kappa shape index (κ3) is 3.53. The number of hydrogen-bond donors (Lipinski definition) is 1. The SMILES string of the molecule is CSCc1nc2ccccc2n1CC(=O)N1CCC(CN)CC1. The Labute approximate surface area is 141 Å². The van der Waals surface area contributed by atoms with Gasteiger partial charge in [0, 0.05) is 13.1 Å². The van der Waals surface area contributed by atoms with Crippen LogP contribution in [0.5, 0.6) is 0 Å². The van der Waals surface area contributed by atoms with Gasteiger partial charge in [0.2, 0.25) is 5.91 Å². The quantitative estimate of drug-likeness (QED) is 0.911. The van der Waals surface area contributed by atoms with Crippen LogP contribution in [0.15, 0.2) is 24.3 Å². The third-order valence-corrected chi connectivity index (χ3v) is 5.15. The fourth-order valence-corrected chi connectivity index (χ4v) is 3.67. The second-order valence-corrected chi connectivity index (χ2v) is 6.96. The van der Waals surface area contributed by atoms with E-state index >= 15 is 0 Å². The Bertz CT molecular complexity index is 676. The van der Waals surface area contributed by atoms with E-state index in [0.29, 0.717) is 12.5 Å². The van der Waals surface area contributed by atoms with E-state index in [-0.39, 0.29) is 5.91 Å². The molecule has 1 aliphatic heterocycles. The normalized spacial score (nSPS) is 16.2. The third-order valence-electron chi connectivity index (χ3n) is 4.60. The van der Waals surface area contributed by atoms with Crippen LogP contribution in [0.4, 0.5) is 0 Å². The number of aromatic nitrogens is 2. The number of hydrogen-bond acceptors (Lipinski definition) is 4. The van der Waals surface area contributed by atoms with Crippen molar-refractivity contribution in [3.05, 3.63) is 30.1 Å². The molecule has 1 aliphatic rings. The van der Waals surface area contributed by atoms with Crippen LogP contribution in [0.25, 0.3) is 11.0 Å². The number of fused-ring (bicyclic) bond motifs is 1. The van der Waals surface area contributed by atoms with Crippen molar-refractivity contribution in [2.75, 3.05) is 25.9 Å². The molecule has 0 atom stereocenters. The van der Waals surface area contributed by atoms with Gasteiger partial charge in [-0.15, -0.1) is 0 Å². The van der Waals surface area contributed by atoms with Gasteiger partial charge in [0.1, 0.15) is 12.4 Å². The zero-order valence-electron chi connectivity index (χ0n) is 13.6. The van der Waals surface area contributed by atoms with Gasteiger partial charge in [-0.05, 0) is 43.7 Å². The average Bonchev–Trinajstić information content (AvgIpc) is 2.93. The van der Waals surface area contributed by atoms with Gasteiger partial charge in [-0.25, -0.2) is 4.98 Å². The van der Waals surface area contributed by atoms with Crippen molar-refractivity contribution in [3.8, 4) is 0 Å². The van der Waals surface area contributed by atoms with Gasteiger partial charge in [-0.1, -0.05) is 12.1 Å². The Kier molecular flexibility index (Phi) is 5.23. The van der Waals surface area contributed by atoms with E-state index in [9.17, 15) is 4.79 Å². The van der Waals surface area contributed by atoms with Crippen LogP contribution in [0.1, 0.15) is 18.7 Å². The molecule has 0 radical (unpaired) electrons. The number of benzene rings is 1. The highest BCUT2D eigenvalue weighted by molar-refractivity contribution is 7.97. The number of para-hydroxylation sites is 2. The van der Waals surface area contributed by atoms with Crippen LogP contribution in [-0.4, -0.2) is 46.2 Å². The largest absolute Gasteiger partial charge is 0.341 e. The van der Waals surface area contributed by atoms with Crippen LogP contribution < -0.4 is 5.73 Å². The van der Waals surface area contributed by atoms with Gasteiger partial charge in [0.25, 0.3) is 0 Å². The highest BCUT2D eigenvalue weighted by Crippen LogP contribution is 2.21. The van der Waals surface area contributed by atoms with Crippen molar-refractivity contribution in [2.24, 2.45) is 11.7 Å². The van der Waals surface area contributed by atoms with E-state index in [4.69, 9.17) is 5.73 Å². The van der Waals surface area contributed by atoms with Crippen molar-refractivity contribution in [3.63, 3.8) is 0 Å². The number of rotatable bonds is 5. The summed E-state index contributed by atoms with van der Waals surface area (Å²) in [7, 11) is 0. The Balaban J connectivity index is 1.78. The fourth-order valence-electron chi connectivity index (χ4n) is 3.19. The smallest absolute Gasteiger partial charge is 0.242 e. The first-order valence-corrected chi connectivity index (χ1v) is 9.53. The molecule has 2 aromatic rings. The predicted octanol–water partition coefficient (Wildman–Crippen LogP) is 2.10. The first kappa shape index (κ1) is 16.3. The summed E-state index contributed by atoms with van der Waals surface area (Å²) < 4.78 is 2.07. The van der Waals surface area contributed by atoms with Crippen molar-refractivity contribution in [1.82, 2.24) is 14.5 Å². The molecule has 2 heterocycles. The first-order chi connectivity index (χ1) is 11.2. The molecule has 2 N–H and O–H groups in total. The van der Waals surface area contributed by atoms with E-state index < -0.39 is 0 Å². The molecule has 1 saturated heterocycles. The Hall–Kier alpha value is -1.53. The topological polar surface area (TPSA) is 64.2 Å². The van der Waals surface area contributed by atoms with Gasteiger partial charge < -0.3 is 15.2 Å². The standard InChI is InChI=1S/C17H24N4OS/c1-23-12-16-19-14-4-2-3-5-15(14)21(16)11-17(22)20-8-6-13(10-18)7-9-20/h2-5,13H,6-12,18H2,1H3. The Morgan fingerprint density at radius 2 is 2.09 bits per heavy atom. The zero-order valence-corrected chi connectivity index (χ0v) is 14.4. The maximum absolute atomic E-state index is 12.7. The molecule has 1 aromatic heterocycles. The molecule has 0 spiro atoms. The van der Waals surface area contributed by atoms with Crippen molar-refractivity contribution >= 4 is 28.7 Å². The molecule has 1 amide bonds. The average molecular weight is 332 g/mol. The summed E-state index contributed by atoms with van der Waals surface area (Å²) in [5.74, 6) is 2.55. The van der Waals surface area contributed by atoms with E-state index in [1.54, 1.807) is 11.8 Å². The lowest BCUT2D eigenvalue weighted by atomic mass is 9.97. The second kappa shape index (κ2) is 7.36. The van der Waals surface area contributed by atoms with Crippen LogP contribution >= 0.6 is 11.8 Å². The number of piperidine rings is 1. The molecule has 6 heteroatoms. The van der Waals surface area contributed by atoms with Crippen molar-refractivity contribution in [1.29, 1.82) is 0 Å². The van der Waals surface area contributed by atoms with Crippen molar-refractivity contribution in [2.45, 2.75) is 25.1 Å². The molecule has 5 nitrogen and oxygen atoms in total. The lowest BCUT2D eigenvalue weighted by Gasteiger charge is -2.31. The number of thioether (sulfide) groups is 1. The summed E-state index contributed by atoms with van der Waals surface area (Å²) >= 11 is 1.73. The molecule has 3 rings (SSSR count). The molecule has 0 bridgehead atoms. The lowest BCUT2D eigenvalue weighted by Crippen LogP contribution is -2.41. The summed E-state index contributed by atoms with van der Waals surface area (Å²) in [6.45, 7) is 2.76. The van der Waals surface area contributed by atoms with E-state index in [1.807, 2.05) is 29.2 Å². The van der Waals surface area contributed by atoms with Crippen LogP contribution in [0.2, 0.25) is 0 Å². The van der Waals surface area contributed by atoms with Crippen LogP contribution in [0.3, 0.4) is 0 Å². The molecule has 1 fully saturated rings. The monoisotopic (exact) mass is 332 g/mol. The summed E-state index contributed by atoms with van der Waals surface area (Å²) in [4.78, 5) is 19.4. The number of carbonyl (C=O) groups excluding carboxylic acids is 1. The van der Waals surface area contributed by atoms with Crippen molar-refractivity contribution < 1.29 is 4.79 Å².